The predicted molar refractivity (Wildman–Crippen MR) is 140 cm³/mol. The van der Waals surface area contributed by atoms with E-state index in [1.807, 2.05) is 62.4 Å². The summed E-state index contributed by atoms with van der Waals surface area (Å²) in [5, 5.41) is 2.99. The van der Waals surface area contributed by atoms with Crippen molar-refractivity contribution in [1.82, 2.24) is 10.2 Å². The number of nitrogens with zero attached hydrogens (tertiary/aromatic N) is 1. The number of carbonyl (C=O) groups excluding carboxylic acids is 2. The van der Waals surface area contributed by atoms with Crippen molar-refractivity contribution in [3.8, 4) is 5.75 Å². The first-order chi connectivity index (χ1) is 17.4. The molecule has 2 amide bonds. The van der Waals surface area contributed by atoms with Crippen molar-refractivity contribution in [1.29, 1.82) is 0 Å². The Labute approximate surface area is 213 Å². The SMILES string of the molecule is CCCCNC(=O)C(Cc1ccccc1)N(Cc1ccc(F)cc1)C(=O)COc1cc(C)ccc1C. The van der Waals surface area contributed by atoms with Crippen LogP contribution in [-0.4, -0.2) is 35.9 Å². The van der Waals surface area contributed by atoms with Gasteiger partial charge in [0.25, 0.3) is 5.91 Å². The maximum atomic E-state index is 13.6. The number of aryl methyl sites for hydroxylation is 2. The zero-order valence-electron chi connectivity index (χ0n) is 21.3. The number of benzene rings is 3. The van der Waals surface area contributed by atoms with E-state index < -0.39 is 6.04 Å². The molecule has 0 aliphatic rings. The van der Waals surface area contributed by atoms with Crippen molar-refractivity contribution >= 4 is 11.8 Å². The van der Waals surface area contributed by atoms with Crippen LogP contribution in [0.1, 0.15) is 42.0 Å². The van der Waals surface area contributed by atoms with Gasteiger partial charge in [-0.1, -0.05) is 67.9 Å². The van der Waals surface area contributed by atoms with Crippen molar-refractivity contribution in [2.45, 2.75) is 52.6 Å². The standard InChI is InChI=1S/C30H35FN2O3/c1-4-5-17-32-30(35)27(19-24-9-7-6-8-10-24)33(20-25-13-15-26(31)16-14-25)29(34)21-36-28-18-22(2)11-12-23(28)3/h6-16,18,27H,4-5,17,19-21H2,1-3H3,(H,32,35). The summed E-state index contributed by atoms with van der Waals surface area (Å²) in [6.45, 7) is 6.44. The summed E-state index contributed by atoms with van der Waals surface area (Å²) < 4.78 is 19.5. The minimum atomic E-state index is -0.746. The van der Waals surface area contributed by atoms with E-state index in [2.05, 4.69) is 12.2 Å². The monoisotopic (exact) mass is 490 g/mol. The normalized spacial score (nSPS) is 11.6. The molecule has 0 aromatic heterocycles. The molecular weight excluding hydrogens is 455 g/mol. The van der Waals surface area contributed by atoms with Gasteiger partial charge in [0.1, 0.15) is 17.6 Å². The van der Waals surface area contributed by atoms with Gasteiger partial charge in [-0.3, -0.25) is 9.59 Å². The lowest BCUT2D eigenvalue weighted by molar-refractivity contribution is -0.142. The lowest BCUT2D eigenvalue weighted by Crippen LogP contribution is -2.51. The van der Waals surface area contributed by atoms with E-state index in [-0.39, 0.29) is 30.8 Å². The molecule has 0 bridgehead atoms. The van der Waals surface area contributed by atoms with Gasteiger partial charge in [-0.25, -0.2) is 4.39 Å². The summed E-state index contributed by atoms with van der Waals surface area (Å²) in [6, 6.07) is 20.7. The van der Waals surface area contributed by atoms with E-state index >= 15 is 0 Å². The van der Waals surface area contributed by atoms with Gasteiger partial charge in [0.2, 0.25) is 5.91 Å². The van der Waals surface area contributed by atoms with Crippen molar-refractivity contribution in [3.63, 3.8) is 0 Å². The maximum Gasteiger partial charge on any atom is 0.261 e. The number of unbranched alkanes of at least 4 members (excludes halogenated alkanes) is 1. The van der Waals surface area contributed by atoms with Gasteiger partial charge in [0.05, 0.1) is 0 Å². The Morgan fingerprint density at radius 3 is 2.39 bits per heavy atom. The Kier molecular flexibility index (Phi) is 10.0. The van der Waals surface area contributed by atoms with E-state index in [9.17, 15) is 14.0 Å². The third-order valence-electron chi connectivity index (χ3n) is 6.06. The fraction of sp³-hybridized carbons (Fsp3) is 0.333. The minimum absolute atomic E-state index is 0.161. The van der Waals surface area contributed by atoms with Gasteiger partial charge in [0, 0.05) is 19.5 Å². The maximum absolute atomic E-state index is 13.6. The smallest absolute Gasteiger partial charge is 0.261 e. The molecule has 1 atom stereocenters. The van der Waals surface area contributed by atoms with Crippen LogP contribution in [0.3, 0.4) is 0 Å². The first-order valence-electron chi connectivity index (χ1n) is 12.4. The van der Waals surface area contributed by atoms with Crippen LogP contribution in [0, 0.1) is 19.7 Å². The van der Waals surface area contributed by atoms with Gasteiger partial charge < -0.3 is 15.0 Å². The molecule has 3 aromatic rings. The summed E-state index contributed by atoms with van der Waals surface area (Å²) in [7, 11) is 0. The van der Waals surface area contributed by atoms with E-state index in [0.717, 1.165) is 35.1 Å². The quantitative estimate of drug-likeness (QED) is 0.347. The van der Waals surface area contributed by atoms with Gasteiger partial charge in [0.15, 0.2) is 6.61 Å². The Morgan fingerprint density at radius 2 is 1.69 bits per heavy atom. The first-order valence-corrected chi connectivity index (χ1v) is 12.4. The molecule has 1 unspecified atom stereocenters. The van der Waals surface area contributed by atoms with Crippen molar-refractivity contribution in [2.24, 2.45) is 0 Å². The van der Waals surface area contributed by atoms with Gasteiger partial charge >= 0.3 is 0 Å². The van der Waals surface area contributed by atoms with Crippen LogP contribution in [0.2, 0.25) is 0 Å². The molecule has 36 heavy (non-hydrogen) atoms. The Bertz CT molecular complexity index is 1130. The molecular formula is C30H35FN2O3. The third kappa shape index (κ3) is 7.94. The molecule has 5 nitrogen and oxygen atoms in total. The zero-order chi connectivity index (χ0) is 25.9. The molecule has 0 saturated carbocycles. The largest absolute Gasteiger partial charge is 0.483 e. The topological polar surface area (TPSA) is 58.6 Å². The van der Waals surface area contributed by atoms with Crippen LogP contribution in [0.15, 0.2) is 72.8 Å². The van der Waals surface area contributed by atoms with E-state index in [4.69, 9.17) is 4.74 Å². The number of hydrogen-bond acceptors (Lipinski definition) is 3. The number of nitrogens with one attached hydrogen (secondary N) is 1. The highest BCUT2D eigenvalue weighted by atomic mass is 19.1. The summed E-state index contributed by atoms with van der Waals surface area (Å²) in [5.41, 5.74) is 3.64. The molecule has 1 N–H and O–H groups in total. The number of halogens is 1. The van der Waals surface area contributed by atoms with Crippen LogP contribution in [0.25, 0.3) is 0 Å². The molecule has 0 saturated heterocycles. The van der Waals surface area contributed by atoms with Crippen LogP contribution in [0.5, 0.6) is 5.75 Å². The molecule has 0 aliphatic carbocycles. The van der Waals surface area contributed by atoms with Crippen LogP contribution in [-0.2, 0) is 22.6 Å². The summed E-state index contributed by atoms with van der Waals surface area (Å²) >= 11 is 0. The van der Waals surface area contributed by atoms with Crippen molar-refractivity contribution in [2.75, 3.05) is 13.2 Å². The van der Waals surface area contributed by atoms with Gasteiger partial charge in [-0.15, -0.1) is 0 Å². The molecule has 0 heterocycles. The fourth-order valence-corrected chi connectivity index (χ4v) is 3.93. The summed E-state index contributed by atoms with van der Waals surface area (Å²) in [5.74, 6) is -0.244. The van der Waals surface area contributed by atoms with Crippen LogP contribution < -0.4 is 10.1 Å². The molecule has 0 aliphatic heterocycles. The summed E-state index contributed by atoms with van der Waals surface area (Å²) in [6.07, 6.45) is 2.16. The third-order valence-corrected chi connectivity index (χ3v) is 6.06. The Hall–Kier alpha value is -3.67. The zero-order valence-corrected chi connectivity index (χ0v) is 21.3. The lowest BCUT2D eigenvalue weighted by atomic mass is 10.0. The number of hydrogen-bond donors (Lipinski definition) is 1. The van der Waals surface area contributed by atoms with Crippen LogP contribution in [0.4, 0.5) is 4.39 Å². The predicted octanol–water partition coefficient (Wildman–Crippen LogP) is 5.38. The average molecular weight is 491 g/mol. The highest BCUT2D eigenvalue weighted by Gasteiger charge is 2.30. The fourth-order valence-electron chi connectivity index (χ4n) is 3.93. The number of rotatable bonds is 12. The number of ether oxygens (including phenoxy) is 1. The highest BCUT2D eigenvalue weighted by Crippen LogP contribution is 2.20. The molecule has 0 spiro atoms. The summed E-state index contributed by atoms with van der Waals surface area (Å²) in [4.78, 5) is 28.5. The minimum Gasteiger partial charge on any atom is -0.483 e. The number of carbonyl (C=O) groups is 2. The molecule has 6 heteroatoms. The van der Waals surface area contributed by atoms with Crippen molar-refractivity contribution < 1.29 is 18.7 Å². The van der Waals surface area contributed by atoms with E-state index in [1.165, 1.54) is 12.1 Å². The van der Waals surface area contributed by atoms with Crippen molar-refractivity contribution in [3.05, 3.63) is 101 Å². The average Bonchev–Trinajstić information content (AvgIpc) is 2.88. The molecule has 3 aromatic carbocycles. The van der Waals surface area contributed by atoms with E-state index in [1.54, 1.807) is 17.0 Å². The van der Waals surface area contributed by atoms with Crippen LogP contribution >= 0.6 is 0 Å². The Balaban J connectivity index is 1.89. The Morgan fingerprint density at radius 1 is 0.972 bits per heavy atom. The highest BCUT2D eigenvalue weighted by molar-refractivity contribution is 5.88. The van der Waals surface area contributed by atoms with E-state index in [0.29, 0.717) is 18.7 Å². The van der Waals surface area contributed by atoms with Gasteiger partial charge in [-0.2, -0.15) is 0 Å². The molecule has 0 fully saturated rings. The molecule has 3 rings (SSSR count). The second kappa shape index (κ2) is 13.4. The number of amides is 2. The molecule has 0 radical (unpaired) electrons. The first kappa shape index (κ1) is 26.9. The lowest BCUT2D eigenvalue weighted by Gasteiger charge is -2.31. The van der Waals surface area contributed by atoms with Gasteiger partial charge in [-0.05, 0) is 60.7 Å². The second-order valence-corrected chi connectivity index (χ2v) is 9.06. The second-order valence-electron chi connectivity index (χ2n) is 9.06. The molecule has 190 valence electrons.